The molecule has 1 fully saturated rings. The topological polar surface area (TPSA) is 6.48 Å². The monoisotopic (exact) mass is 290 g/mol. The molecule has 0 spiro atoms. The van der Waals surface area contributed by atoms with Crippen LogP contribution in [0.2, 0.25) is 0 Å². The van der Waals surface area contributed by atoms with Crippen molar-refractivity contribution in [2.24, 2.45) is 5.92 Å². The lowest BCUT2D eigenvalue weighted by Crippen LogP contribution is -2.34. The summed E-state index contributed by atoms with van der Waals surface area (Å²) in [6.45, 7) is 8.66. The minimum absolute atomic E-state index is 0.827. The van der Waals surface area contributed by atoms with E-state index in [9.17, 15) is 0 Å². The molecule has 0 aromatic carbocycles. The van der Waals surface area contributed by atoms with E-state index < -0.39 is 0 Å². The van der Waals surface area contributed by atoms with Crippen molar-refractivity contribution in [1.29, 1.82) is 0 Å². The first-order chi connectivity index (χ1) is 7.76. The molecule has 96 valence electrons. The lowest BCUT2D eigenvalue weighted by atomic mass is 10.1. The SMILES string of the molecule is CCCC(CBr)CN(C)CCN1CCCC1. The van der Waals surface area contributed by atoms with Gasteiger partial charge in [-0.15, -0.1) is 0 Å². The molecule has 0 aliphatic carbocycles. The van der Waals surface area contributed by atoms with Crippen molar-refractivity contribution in [2.75, 3.05) is 45.1 Å². The van der Waals surface area contributed by atoms with Crippen LogP contribution < -0.4 is 0 Å². The third-order valence-electron chi connectivity index (χ3n) is 3.48. The van der Waals surface area contributed by atoms with Gasteiger partial charge in [-0.3, -0.25) is 0 Å². The molecule has 1 heterocycles. The highest BCUT2D eigenvalue weighted by Crippen LogP contribution is 2.11. The molecule has 0 radical (unpaired) electrons. The minimum Gasteiger partial charge on any atom is -0.305 e. The van der Waals surface area contributed by atoms with Gasteiger partial charge in [-0.05, 0) is 45.3 Å². The fraction of sp³-hybridized carbons (Fsp3) is 1.00. The molecule has 0 saturated carbocycles. The average molecular weight is 291 g/mol. The summed E-state index contributed by atoms with van der Waals surface area (Å²) in [5.41, 5.74) is 0. The molecule has 0 amide bonds. The maximum Gasteiger partial charge on any atom is 0.0109 e. The largest absolute Gasteiger partial charge is 0.305 e. The van der Waals surface area contributed by atoms with E-state index in [2.05, 4.69) is 39.7 Å². The van der Waals surface area contributed by atoms with Crippen LogP contribution in [0.4, 0.5) is 0 Å². The summed E-state index contributed by atoms with van der Waals surface area (Å²) in [6.07, 6.45) is 5.46. The van der Waals surface area contributed by atoms with Gasteiger partial charge in [0, 0.05) is 25.0 Å². The third kappa shape index (κ3) is 5.65. The highest BCUT2D eigenvalue weighted by molar-refractivity contribution is 9.09. The lowest BCUT2D eigenvalue weighted by Gasteiger charge is -2.24. The van der Waals surface area contributed by atoms with Gasteiger partial charge in [0.15, 0.2) is 0 Å². The Kier molecular flexibility index (Phi) is 7.67. The standard InChI is InChI=1S/C13H27BrN2/c1-3-6-13(11-14)12-15(2)9-10-16-7-4-5-8-16/h13H,3-12H2,1-2H3. The van der Waals surface area contributed by atoms with Gasteiger partial charge in [0.25, 0.3) is 0 Å². The number of alkyl halides is 1. The van der Waals surface area contributed by atoms with Crippen molar-refractivity contribution < 1.29 is 0 Å². The Morgan fingerprint density at radius 1 is 1.31 bits per heavy atom. The van der Waals surface area contributed by atoms with E-state index >= 15 is 0 Å². The average Bonchev–Trinajstić information content (AvgIpc) is 2.78. The first-order valence-electron chi connectivity index (χ1n) is 6.73. The van der Waals surface area contributed by atoms with Crippen LogP contribution in [0.1, 0.15) is 32.6 Å². The van der Waals surface area contributed by atoms with Crippen LogP contribution in [0.3, 0.4) is 0 Å². The molecule has 1 atom stereocenters. The number of rotatable bonds is 8. The first-order valence-corrected chi connectivity index (χ1v) is 7.85. The molecule has 1 unspecified atom stereocenters. The second-order valence-corrected chi connectivity index (χ2v) is 5.77. The van der Waals surface area contributed by atoms with E-state index in [0.29, 0.717) is 0 Å². The van der Waals surface area contributed by atoms with Crippen molar-refractivity contribution in [3.05, 3.63) is 0 Å². The summed E-state index contributed by atoms with van der Waals surface area (Å²) in [4.78, 5) is 5.10. The number of likely N-dealkylation sites (N-methyl/N-ethyl adjacent to an activating group) is 1. The smallest absolute Gasteiger partial charge is 0.0109 e. The molecule has 16 heavy (non-hydrogen) atoms. The van der Waals surface area contributed by atoms with Crippen molar-refractivity contribution >= 4 is 15.9 Å². The van der Waals surface area contributed by atoms with Crippen molar-refractivity contribution in [3.63, 3.8) is 0 Å². The van der Waals surface area contributed by atoms with E-state index in [4.69, 9.17) is 0 Å². The van der Waals surface area contributed by atoms with Crippen molar-refractivity contribution in [2.45, 2.75) is 32.6 Å². The zero-order valence-corrected chi connectivity index (χ0v) is 12.5. The summed E-state index contributed by atoms with van der Waals surface area (Å²) in [6, 6.07) is 0. The summed E-state index contributed by atoms with van der Waals surface area (Å²) in [5, 5.41) is 1.15. The van der Waals surface area contributed by atoms with Gasteiger partial charge in [0.05, 0.1) is 0 Å². The molecule has 0 aromatic rings. The minimum atomic E-state index is 0.827. The zero-order valence-electron chi connectivity index (χ0n) is 10.9. The molecule has 1 aliphatic heterocycles. The Hall–Kier alpha value is 0.400. The fourth-order valence-electron chi connectivity index (χ4n) is 2.48. The predicted octanol–water partition coefficient (Wildman–Crippen LogP) is 2.83. The molecule has 3 heteroatoms. The summed E-state index contributed by atoms with van der Waals surface area (Å²) >= 11 is 3.63. The van der Waals surface area contributed by atoms with Crippen LogP contribution in [-0.4, -0.2) is 54.9 Å². The zero-order chi connectivity index (χ0) is 11.8. The quantitative estimate of drug-likeness (QED) is 0.635. The number of hydrogen-bond acceptors (Lipinski definition) is 2. The number of halogens is 1. The molecular weight excluding hydrogens is 264 g/mol. The molecule has 0 N–H and O–H groups in total. The van der Waals surface area contributed by atoms with E-state index in [-0.39, 0.29) is 0 Å². The number of hydrogen-bond donors (Lipinski definition) is 0. The van der Waals surface area contributed by atoms with Gasteiger partial charge in [0.1, 0.15) is 0 Å². The van der Waals surface area contributed by atoms with Crippen LogP contribution in [0.5, 0.6) is 0 Å². The van der Waals surface area contributed by atoms with Crippen LogP contribution in [0.25, 0.3) is 0 Å². The predicted molar refractivity (Wildman–Crippen MR) is 75.4 cm³/mol. The van der Waals surface area contributed by atoms with E-state index in [1.165, 1.54) is 58.4 Å². The maximum absolute atomic E-state index is 3.63. The first kappa shape index (κ1) is 14.5. The molecule has 1 rings (SSSR count). The molecule has 0 aromatic heterocycles. The maximum atomic E-state index is 3.63. The third-order valence-corrected chi connectivity index (χ3v) is 4.40. The summed E-state index contributed by atoms with van der Waals surface area (Å²) < 4.78 is 0. The van der Waals surface area contributed by atoms with Gasteiger partial charge in [0.2, 0.25) is 0 Å². The van der Waals surface area contributed by atoms with Gasteiger partial charge in [-0.1, -0.05) is 29.3 Å². The Morgan fingerprint density at radius 2 is 2.00 bits per heavy atom. The molecule has 1 aliphatic rings. The Labute approximate surface area is 109 Å². The van der Waals surface area contributed by atoms with Crippen LogP contribution in [0, 0.1) is 5.92 Å². The van der Waals surface area contributed by atoms with Crippen LogP contribution >= 0.6 is 15.9 Å². The van der Waals surface area contributed by atoms with Gasteiger partial charge in [-0.2, -0.15) is 0 Å². The number of likely N-dealkylation sites (tertiary alicyclic amines) is 1. The van der Waals surface area contributed by atoms with Gasteiger partial charge >= 0.3 is 0 Å². The molecule has 1 saturated heterocycles. The Morgan fingerprint density at radius 3 is 2.56 bits per heavy atom. The van der Waals surface area contributed by atoms with Crippen LogP contribution in [0.15, 0.2) is 0 Å². The second-order valence-electron chi connectivity index (χ2n) is 5.12. The van der Waals surface area contributed by atoms with Crippen molar-refractivity contribution in [3.8, 4) is 0 Å². The number of nitrogens with zero attached hydrogens (tertiary/aromatic N) is 2. The second kappa shape index (κ2) is 8.48. The highest BCUT2D eigenvalue weighted by atomic mass is 79.9. The van der Waals surface area contributed by atoms with Crippen LogP contribution in [-0.2, 0) is 0 Å². The van der Waals surface area contributed by atoms with E-state index in [1.54, 1.807) is 0 Å². The Bertz CT molecular complexity index is 169. The Balaban J connectivity index is 2.10. The highest BCUT2D eigenvalue weighted by Gasteiger charge is 2.13. The van der Waals surface area contributed by atoms with E-state index in [1.807, 2.05) is 0 Å². The summed E-state index contributed by atoms with van der Waals surface area (Å²) in [7, 11) is 2.27. The normalized spacial score (nSPS) is 19.5. The van der Waals surface area contributed by atoms with Gasteiger partial charge in [-0.25, -0.2) is 0 Å². The van der Waals surface area contributed by atoms with Gasteiger partial charge < -0.3 is 9.80 Å². The molecule has 2 nitrogen and oxygen atoms in total. The molecule has 0 bridgehead atoms. The lowest BCUT2D eigenvalue weighted by molar-refractivity contribution is 0.233. The van der Waals surface area contributed by atoms with Crippen molar-refractivity contribution in [1.82, 2.24) is 9.80 Å². The summed E-state index contributed by atoms with van der Waals surface area (Å²) in [5.74, 6) is 0.827. The fourth-order valence-corrected chi connectivity index (χ4v) is 3.00. The molecular formula is C13H27BrN2. The van der Waals surface area contributed by atoms with E-state index in [0.717, 1.165) is 11.2 Å².